The molecule has 6 nitrogen and oxygen atoms in total. The van der Waals surface area contributed by atoms with E-state index in [-0.39, 0.29) is 23.8 Å². The van der Waals surface area contributed by atoms with Crippen LogP contribution in [0, 0.1) is 0 Å². The van der Waals surface area contributed by atoms with Gasteiger partial charge in [-0.25, -0.2) is 4.68 Å². The molecule has 1 N–H and O–H groups in total. The van der Waals surface area contributed by atoms with E-state index in [1.54, 1.807) is 16.8 Å². The van der Waals surface area contributed by atoms with E-state index in [9.17, 15) is 9.59 Å². The highest BCUT2D eigenvalue weighted by atomic mass is 35.5. The number of hydrogen-bond acceptors (Lipinski definition) is 3. The highest BCUT2D eigenvalue weighted by molar-refractivity contribution is 6.32. The van der Waals surface area contributed by atoms with Crippen molar-refractivity contribution in [1.82, 2.24) is 14.7 Å². The minimum absolute atomic E-state index is 0.0826. The van der Waals surface area contributed by atoms with E-state index in [0.717, 1.165) is 16.5 Å². The Morgan fingerprint density at radius 3 is 2.34 bits per heavy atom. The van der Waals surface area contributed by atoms with Gasteiger partial charge in [-0.1, -0.05) is 74.8 Å². The summed E-state index contributed by atoms with van der Waals surface area (Å²) in [7, 11) is 0. The molecule has 2 amide bonds. The number of anilines is 1. The first kappa shape index (κ1) is 24.5. The molecule has 0 bridgehead atoms. The second-order valence-corrected chi connectivity index (χ2v) is 9.86. The maximum atomic E-state index is 13.2. The van der Waals surface area contributed by atoms with Gasteiger partial charge in [0.05, 0.1) is 16.4 Å². The van der Waals surface area contributed by atoms with Crippen LogP contribution in [0.1, 0.15) is 43.7 Å². The van der Waals surface area contributed by atoms with Crippen LogP contribution in [0.2, 0.25) is 5.02 Å². The largest absolute Gasteiger partial charge is 0.330 e. The molecule has 0 saturated carbocycles. The lowest BCUT2D eigenvalue weighted by atomic mass is 9.92. The predicted molar refractivity (Wildman–Crippen MR) is 141 cm³/mol. The van der Waals surface area contributed by atoms with E-state index in [4.69, 9.17) is 16.7 Å². The third kappa shape index (κ3) is 5.38. The third-order valence-corrected chi connectivity index (χ3v) is 6.15. The Bertz CT molecular complexity index is 1390. The van der Waals surface area contributed by atoms with E-state index < -0.39 is 0 Å². The summed E-state index contributed by atoms with van der Waals surface area (Å²) in [6.07, 6.45) is 0. The van der Waals surface area contributed by atoms with Gasteiger partial charge in [-0.15, -0.1) is 0 Å². The van der Waals surface area contributed by atoms with Crippen molar-refractivity contribution in [3.63, 3.8) is 0 Å². The van der Waals surface area contributed by atoms with Crippen molar-refractivity contribution < 1.29 is 9.59 Å². The SMILES string of the molecule is CCN(CC(=O)Nc1cc(C(C)(C)C)nn1-c1ccccc1Cl)C(=O)c1ccc2ccccc2c1. The molecule has 0 aliphatic rings. The first-order valence-electron chi connectivity index (χ1n) is 11.6. The number of rotatable bonds is 6. The number of amides is 2. The van der Waals surface area contributed by atoms with Crippen molar-refractivity contribution in [1.29, 1.82) is 0 Å². The van der Waals surface area contributed by atoms with Gasteiger partial charge in [-0.05, 0) is 42.0 Å². The number of carbonyl (C=O) groups is 2. The molecular weight excluding hydrogens is 460 g/mol. The number of hydrogen-bond donors (Lipinski definition) is 1. The van der Waals surface area contributed by atoms with Crippen LogP contribution in [0.4, 0.5) is 5.82 Å². The molecule has 0 atom stereocenters. The van der Waals surface area contributed by atoms with Gasteiger partial charge in [-0.3, -0.25) is 9.59 Å². The summed E-state index contributed by atoms with van der Waals surface area (Å²) in [6, 6.07) is 22.6. The van der Waals surface area contributed by atoms with Gasteiger partial charge in [0.25, 0.3) is 5.91 Å². The molecule has 1 aromatic heterocycles. The Hall–Kier alpha value is -3.64. The van der Waals surface area contributed by atoms with Crippen LogP contribution in [-0.4, -0.2) is 39.6 Å². The van der Waals surface area contributed by atoms with Crippen LogP contribution in [0.5, 0.6) is 0 Å². The molecule has 0 fully saturated rings. The predicted octanol–water partition coefficient (Wildman–Crippen LogP) is 6.08. The lowest BCUT2D eigenvalue weighted by molar-refractivity contribution is -0.116. The summed E-state index contributed by atoms with van der Waals surface area (Å²) >= 11 is 6.42. The summed E-state index contributed by atoms with van der Waals surface area (Å²) < 4.78 is 1.64. The molecular formula is C28H29ClN4O2. The lowest BCUT2D eigenvalue weighted by Gasteiger charge is -2.21. The number of halogens is 1. The highest BCUT2D eigenvalue weighted by Crippen LogP contribution is 2.29. The van der Waals surface area contributed by atoms with E-state index in [0.29, 0.717) is 28.6 Å². The van der Waals surface area contributed by atoms with E-state index in [1.807, 2.05) is 67.6 Å². The van der Waals surface area contributed by atoms with Crippen LogP contribution < -0.4 is 5.32 Å². The molecule has 35 heavy (non-hydrogen) atoms. The Balaban J connectivity index is 1.57. The first-order valence-corrected chi connectivity index (χ1v) is 12.0. The summed E-state index contributed by atoms with van der Waals surface area (Å²) in [5.74, 6) is 0.000259. The van der Waals surface area contributed by atoms with Gasteiger partial charge < -0.3 is 10.2 Å². The molecule has 0 radical (unpaired) electrons. The van der Waals surface area contributed by atoms with E-state index >= 15 is 0 Å². The summed E-state index contributed by atoms with van der Waals surface area (Å²) in [5, 5.41) is 10.2. The molecule has 0 spiro atoms. The van der Waals surface area contributed by atoms with Crippen molar-refractivity contribution in [3.8, 4) is 5.69 Å². The molecule has 3 aromatic carbocycles. The Morgan fingerprint density at radius 1 is 0.971 bits per heavy atom. The molecule has 7 heteroatoms. The maximum absolute atomic E-state index is 13.2. The molecule has 180 valence electrons. The summed E-state index contributed by atoms with van der Waals surface area (Å²) in [4.78, 5) is 27.8. The van der Waals surface area contributed by atoms with Gasteiger partial charge in [0.2, 0.25) is 5.91 Å². The summed E-state index contributed by atoms with van der Waals surface area (Å²) in [6.45, 7) is 8.34. The minimum atomic E-state index is -0.311. The zero-order valence-electron chi connectivity index (χ0n) is 20.4. The number of nitrogens with one attached hydrogen (secondary N) is 1. The molecule has 0 unspecified atom stereocenters. The maximum Gasteiger partial charge on any atom is 0.254 e. The van der Waals surface area contributed by atoms with Crippen LogP contribution in [-0.2, 0) is 10.2 Å². The van der Waals surface area contributed by atoms with Crippen LogP contribution >= 0.6 is 11.6 Å². The van der Waals surface area contributed by atoms with Crippen molar-refractivity contribution >= 4 is 40.0 Å². The van der Waals surface area contributed by atoms with Gasteiger partial charge >= 0.3 is 0 Å². The number of aromatic nitrogens is 2. The third-order valence-electron chi connectivity index (χ3n) is 5.83. The summed E-state index contributed by atoms with van der Waals surface area (Å²) in [5.41, 5.74) is 1.80. The molecule has 0 aliphatic carbocycles. The van der Waals surface area contributed by atoms with Crippen LogP contribution in [0.3, 0.4) is 0 Å². The van der Waals surface area contributed by atoms with Gasteiger partial charge in [0.15, 0.2) is 0 Å². The average molecular weight is 489 g/mol. The number of para-hydroxylation sites is 1. The van der Waals surface area contributed by atoms with Crippen molar-refractivity contribution in [2.75, 3.05) is 18.4 Å². The zero-order chi connectivity index (χ0) is 25.2. The van der Waals surface area contributed by atoms with Gasteiger partial charge in [0.1, 0.15) is 12.4 Å². The Labute approximate surface area is 210 Å². The number of benzene rings is 3. The van der Waals surface area contributed by atoms with E-state index in [2.05, 4.69) is 26.1 Å². The van der Waals surface area contributed by atoms with Crippen LogP contribution in [0.25, 0.3) is 16.5 Å². The number of nitrogens with zero attached hydrogens (tertiary/aromatic N) is 3. The second-order valence-electron chi connectivity index (χ2n) is 9.46. The number of carbonyl (C=O) groups excluding carboxylic acids is 2. The molecule has 0 aliphatic heterocycles. The fraction of sp³-hybridized carbons (Fsp3) is 0.250. The van der Waals surface area contributed by atoms with Crippen molar-refractivity contribution in [2.45, 2.75) is 33.1 Å². The normalized spacial score (nSPS) is 11.5. The molecule has 4 rings (SSSR count). The van der Waals surface area contributed by atoms with Gasteiger partial charge in [0, 0.05) is 23.6 Å². The number of likely N-dealkylation sites (N-methyl/N-ethyl adjacent to an activating group) is 1. The monoisotopic (exact) mass is 488 g/mol. The standard InChI is InChI=1S/C28H29ClN4O2/c1-5-32(27(35)21-15-14-19-10-6-7-11-20(19)16-21)18-26(34)30-25-17-24(28(2,3)4)31-33(25)23-13-9-8-12-22(23)29/h6-17H,5,18H2,1-4H3,(H,30,34). The number of fused-ring (bicyclic) bond motifs is 1. The van der Waals surface area contributed by atoms with Crippen LogP contribution in [0.15, 0.2) is 72.8 Å². The van der Waals surface area contributed by atoms with E-state index in [1.165, 1.54) is 4.90 Å². The van der Waals surface area contributed by atoms with Crippen molar-refractivity contribution in [2.24, 2.45) is 0 Å². The molecule has 1 heterocycles. The quantitative estimate of drug-likeness (QED) is 0.358. The topological polar surface area (TPSA) is 67.2 Å². The Morgan fingerprint density at radius 2 is 1.66 bits per heavy atom. The first-order chi connectivity index (χ1) is 16.7. The molecule has 0 saturated heterocycles. The fourth-order valence-electron chi connectivity index (χ4n) is 3.83. The highest BCUT2D eigenvalue weighted by Gasteiger charge is 2.24. The molecule has 4 aromatic rings. The van der Waals surface area contributed by atoms with Crippen molar-refractivity contribution in [3.05, 3.63) is 89.1 Å². The zero-order valence-corrected chi connectivity index (χ0v) is 21.1. The average Bonchev–Trinajstić information content (AvgIpc) is 3.26. The lowest BCUT2D eigenvalue weighted by Crippen LogP contribution is -2.38. The Kier molecular flexibility index (Phi) is 6.94. The fourth-order valence-corrected chi connectivity index (χ4v) is 4.05. The smallest absolute Gasteiger partial charge is 0.254 e. The van der Waals surface area contributed by atoms with Gasteiger partial charge in [-0.2, -0.15) is 5.10 Å². The second kappa shape index (κ2) is 9.92. The minimum Gasteiger partial charge on any atom is -0.330 e.